The molecule has 1 N–H and O–H groups in total. The third-order valence-electron chi connectivity index (χ3n) is 4.62. The maximum absolute atomic E-state index is 13.1. The van der Waals surface area contributed by atoms with E-state index < -0.39 is 0 Å². The Morgan fingerprint density at radius 3 is 2.43 bits per heavy atom. The molecule has 0 radical (unpaired) electrons. The fourth-order valence-electron chi connectivity index (χ4n) is 3.01. The van der Waals surface area contributed by atoms with Gasteiger partial charge in [0.25, 0.3) is 0 Å². The van der Waals surface area contributed by atoms with Crippen molar-refractivity contribution in [3.8, 4) is 0 Å². The average molecular weight is 435 g/mol. The predicted molar refractivity (Wildman–Crippen MR) is 120 cm³/mol. The van der Waals surface area contributed by atoms with E-state index in [1.807, 2.05) is 43.8 Å². The minimum Gasteiger partial charge on any atom is -0.383 e. The Morgan fingerprint density at radius 2 is 1.87 bits per heavy atom. The van der Waals surface area contributed by atoms with Crippen LogP contribution in [0.15, 0.2) is 42.6 Å². The predicted octanol–water partition coefficient (Wildman–Crippen LogP) is 3.84. The summed E-state index contributed by atoms with van der Waals surface area (Å²) in [6.45, 7) is 5.82. The van der Waals surface area contributed by atoms with Gasteiger partial charge in [0.15, 0.2) is 0 Å². The molecular weight excluding hydrogens is 404 g/mol. The first-order valence-electron chi connectivity index (χ1n) is 9.98. The highest BCUT2D eigenvalue weighted by Gasteiger charge is 2.23. The number of aromatic nitrogens is 1. The maximum atomic E-state index is 13.1. The smallest absolute Gasteiger partial charge is 0.322 e. The number of rotatable bonds is 10. The number of carbonyl (C=O) groups excluding carboxylic acids is 2. The Morgan fingerprint density at radius 1 is 1.17 bits per heavy atom. The number of anilines is 1. The summed E-state index contributed by atoms with van der Waals surface area (Å²) >= 11 is 5.91. The summed E-state index contributed by atoms with van der Waals surface area (Å²) in [5.74, 6) is 0.0919. The van der Waals surface area contributed by atoms with E-state index in [0.29, 0.717) is 37.0 Å². The highest BCUT2D eigenvalue weighted by molar-refractivity contribution is 6.30. The molecule has 0 aliphatic rings. The summed E-state index contributed by atoms with van der Waals surface area (Å²) < 4.78 is 7.15. The quantitative estimate of drug-likeness (QED) is 0.617. The number of methoxy groups -OCH3 is 1. The Kier molecular flexibility index (Phi) is 9.20. The van der Waals surface area contributed by atoms with Crippen molar-refractivity contribution in [3.05, 3.63) is 53.3 Å². The Labute approximate surface area is 183 Å². The van der Waals surface area contributed by atoms with Crippen LogP contribution in [0.2, 0.25) is 5.02 Å². The molecule has 0 bridgehead atoms. The van der Waals surface area contributed by atoms with Gasteiger partial charge in [-0.15, -0.1) is 0 Å². The van der Waals surface area contributed by atoms with E-state index in [-0.39, 0.29) is 24.4 Å². The number of nitrogens with zero attached hydrogens (tertiary/aromatic N) is 3. The zero-order chi connectivity index (χ0) is 22.1. The fraction of sp³-hybridized carbons (Fsp3) is 0.455. The molecule has 7 nitrogen and oxygen atoms in total. The minimum atomic E-state index is -0.315. The first-order chi connectivity index (χ1) is 14.3. The number of carbonyl (C=O) groups is 2. The Hall–Kier alpha value is -2.51. The molecule has 30 heavy (non-hydrogen) atoms. The fourth-order valence-corrected chi connectivity index (χ4v) is 3.13. The van der Waals surface area contributed by atoms with Crippen molar-refractivity contribution < 1.29 is 14.3 Å². The number of halogens is 1. The van der Waals surface area contributed by atoms with Crippen LogP contribution in [-0.2, 0) is 23.1 Å². The number of nitrogens with one attached hydrogen (secondary N) is 1. The second kappa shape index (κ2) is 11.6. The number of urea groups is 1. The number of hydrogen-bond donors (Lipinski definition) is 1. The summed E-state index contributed by atoms with van der Waals surface area (Å²) in [6, 6.07) is 10.5. The van der Waals surface area contributed by atoms with Crippen LogP contribution in [0, 0.1) is 5.92 Å². The normalized spacial score (nSPS) is 10.9. The average Bonchev–Trinajstić information content (AvgIpc) is 3.10. The van der Waals surface area contributed by atoms with Crippen molar-refractivity contribution in [3.63, 3.8) is 0 Å². The summed E-state index contributed by atoms with van der Waals surface area (Å²) in [5.41, 5.74) is 1.64. The molecule has 2 rings (SSSR count). The number of ether oxygens (including phenoxy) is 1. The second-order valence-electron chi connectivity index (χ2n) is 7.63. The minimum absolute atomic E-state index is 0.00819. The zero-order valence-electron chi connectivity index (χ0n) is 18.1. The van der Waals surface area contributed by atoms with Crippen LogP contribution in [0.5, 0.6) is 0 Å². The van der Waals surface area contributed by atoms with E-state index in [4.69, 9.17) is 16.3 Å². The van der Waals surface area contributed by atoms with Gasteiger partial charge in [-0.1, -0.05) is 25.4 Å². The number of amides is 3. The molecule has 0 aliphatic carbocycles. The van der Waals surface area contributed by atoms with E-state index in [9.17, 15) is 9.59 Å². The van der Waals surface area contributed by atoms with Gasteiger partial charge in [-0.25, -0.2) is 4.79 Å². The van der Waals surface area contributed by atoms with Crippen LogP contribution in [0.25, 0.3) is 0 Å². The van der Waals surface area contributed by atoms with Gasteiger partial charge in [0.1, 0.15) is 6.54 Å². The molecule has 0 saturated carbocycles. The van der Waals surface area contributed by atoms with E-state index in [2.05, 4.69) is 5.32 Å². The van der Waals surface area contributed by atoms with Gasteiger partial charge in [-0.2, -0.15) is 0 Å². The molecule has 0 atom stereocenters. The highest BCUT2D eigenvalue weighted by Crippen LogP contribution is 2.15. The molecule has 0 unspecified atom stereocenters. The van der Waals surface area contributed by atoms with Crippen LogP contribution < -0.4 is 5.32 Å². The summed E-state index contributed by atoms with van der Waals surface area (Å²) in [4.78, 5) is 29.2. The van der Waals surface area contributed by atoms with Crippen molar-refractivity contribution in [2.45, 2.75) is 20.4 Å². The van der Waals surface area contributed by atoms with Gasteiger partial charge >= 0.3 is 6.03 Å². The van der Waals surface area contributed by atoms with Crippen molar-refractivity contribution in [1.82, 2.24) is 14.4 Å². The van der Waals surface area contributed by atoms with Gasteiger partial charge in [0.05, 0.1) is 13.2 Å². The topological polar surface area (TPSA) is 66.8 Å². The van der Waals surface area contributed by atoms with Gasteiger partial charge in [0, 0.05) is 49.8 Å². The number of benzene rings is 1. The molecule has 8 heteroatoms. The summed E-state index contributed by atoms with van der Waals surface area (Å²) in [6.07, 6.45) is 1.94. The van der Waals surface area contributed by atoms with Crippen LogP contribution in [-0.4, -0.2) is 59.7 Å². The van der Waals surface area contributed by atoms with Crippen molar-refractivity contribution in [1.29, 1.82) is 0 Å². The summed E-state index contributed by atoms with van der Waals surface area (Å²) in [5, 5.41) is 3.44. The first kappa shape index (κ1) is 23.8. The number of hydrogen-bond acceptors (Lipinski definition) is 3. The Bertz CT molecular complexity index is 820. The molecule has 164 valence electrons. The molecule has 0 spiro atoms. The standard InChI is InChI=1S/C22H31ClN4O3/c1-17(2)14-27(22(29)24-19-9-7-18(23)8-10-19)16-21(28)26(12-13-30-4)15-20-6-5-11-25(20)3/h5-11,17H,12-16H2,1-4H3,(H,24,29). The lowest BCUT2D eigenvalue weighted by atomic mass is 10.2. The Balaban J connectivity index is 2.10. The lowest BCUT2D eigenvalue weighted by Crippen LogP contribution is -2.46. The molecule has 0 saturated heterocycles. The van der Waals surface area contributed by atoms with Crippen LogP contribution in [0.1, 0.15) is 19.5 Å². The molecule has 1 aromatic carbocycles. The van der Waals surface area contributed by atoms with Crippen LogP contribution in [0.4, 0.5) is 10.5 Å². The van der Waals surface area contributed by atoms with Gasteiger partial charge in [0.2, 0.25) is 5.91 Å². The van der Waals surface area contributed by atoms with Crippen LogP contribution >= 0.6 is 11.6 Å². The number of aryl methyl sites for hydroxylation is 1. The second-order valence-corrected chi connectivity index (χ2v) is 8.07. The van der Waals surface area contributed by atoms with E-state index in [1.54, 1.807) is 41.2 Å². The zero-order valence-corrected chi connectivity index (χ0v) is 18.9. The van der Waals surface area contributed by atoms with E-state index in [0.717, 1.165) is 5.69 Å². The summed E-state index contributed by atoms with van der Waals surface area (Å²) in [7, 11) is 3.55. The van der Waals surface area contributed by atoms with Crippen LogP contribution in [0.3, 0.4) is 0 Å². The highest BCUT2D eigenvalue weighted by atomic mass is 35.5. The molecule has 3 amide bonds. The lowest BCUT2D eigenvalue weighted by Gasteiger charge is -2.29. The molecule has 1 heterocycles. The molecular formula is C22H31ClN4O3. The molecule has 0 aliphatic heterocycles. The SMILES string of the molecule is COCCN(Cc1cccn1C)C(=O)CN(CC(C)C)C(=O)Nc1ccc(Cl)cc1. The van der Waals surface area contributed by atoms with E-state index in [1.165, 1.54) is 0 Å². The molecule has 1 aromatic heterocycles. The van der Waals surface area contributed by atoms with Crippen molar-refractivity contribution >= 4 is 29.2 Å². The van der Waals surface area contributed by atoms with Gasteiger partial charge in [-0.3, -0.25) is 4.79 Å². The molecule has 0 fully saturated rings. The van der Waals surface area contributed by atoms with Crippen molar-refractivity contribution in [2.75, 3.05) is 38.7 Å². The largest absolute Gasteiger partial charge is 0.383 e. The third-order valence-corrected chi connectivity index (χ3v) is 4.87. The van der Waals surface area contributed by atoms with Gasteiger partial charge < -0.3 is 24.4 Å². The van der Waals surface area contributed by atoms with Gasteiger partial charge in [-0.05, 0) is 42.3 Å². The lowest BCUT2D eigenvalue weighted by molar-refractivity contribution is -0.133. The molecule has 2 aromatic rings. The van der Waals surface area contributed by atoms with Crippen molar-refractivity contribution in [2.24, 2.45) is 13.0 Å². The maximum Gasteiger partial charge on any atom is 0.322 e. The first-order valence-corrected chi connectivity index (χ1v) is 10.4. The monoisotopic (exact) mass is 434 g/mol. The third kappa shape index (κ3) is 7.39. The van der Waals surface area contributed by atoms with E-state index >= 15 is 0 Å².